The minimum absolute atomic E-state index is 0.00814. The number of benzene rings is 2. The maximum atomic E-state index is 13.0. The standard InChI is InChI=1S/C20H23N5O/c1-12-18-19(24-23-12)16-11-14(13-3-6-15(22)7-4-13)5-8-17(16)25(20(18)26)10-2-9-21/h3-8,11-12,18,23H,2,9-10,21-22H2,1H3. The second-order valence-corrected chi connectivity index (χ2v) is 6.88. The van der Waals surface area contributed by atoms with Crippen molar-refractivity contribution in [1.29, 1.82) is 0 Å². The third-order valence-corrected chi connectivity index (χ3v) is 5.11. The Hall–Kier alpha value is -2.86. The summed E-state index contributed by atoms with van der Waals surface area (Å²) in [5.74, 6) is -0.149. The maximum Gasteiger partial charge on any atom is 0.238 e. The highest BCUT2D eigenvalue weighted by Crippen LogP contribution is 2.37. The van der Waals surface area contributed by atoms with Crippen molar-refractivity contribution in [3.8, 4) is 11.1 Å². The normalized spacial score (nSPS) is 21.1. The van der Waals surface area contributed by atoms with E-state index in [9.17, 15) is 4.79 Å². The molecule has 0 saturated carbocycles. The summed E-state index contributed by atoms with van der Waals surface area (Å²) in [4.78, 5) is 14.9. The number of nitrogen functional groups attached to an aromatic ring is 1. The molecule has 2 unspecified atom stereocenters. The molecule has 134 valence electrons. The van der Waals surface area contributed by atoms with Gasteiger partial charge in [0.05, 0.1) is 17.4 Å². The van der Waals surface area contributed by atoms with Crippen LogP contribution in [0.15, 0.2) is 47.6 Å². The second kappa shape index (κ2) is 6.46. The van der Waals surface area contributed by atoms with Crippen LogP contribution in [0.25, 0.3) is 11.1 Å². The van der Waals surface area contributed by atoms with Crippen molar-refractivity contribution in [2.24, 2.45) is 16.8 Å². The number of nitrogens with zero attached hydrogens (tertiary/aromatic N) is 2. The summed E-state index contributed by atoms with van der Waals surface area (Å²) in [5.41, 5.74) is 20.2. The van der Waals surface area contributed by atoms with E-state index in [-0.39, 0.29) is 17.9 Å². The van der Waals surface area contributed by atoms with E-state index in [1.54, 1.807) is 0 Å². The summed E-state index contributed by atoms with van der Waals surface area (Å²) < 4.78 is 0. The van der Waals surface area contributed by atoms with Crippen LogP contribution >= 0.6 is 0 Å². The molecule has 0 radical (unpaired) electrons. The van der Waals surface area contributed by atoms with Gasteiger partial charge in [-0.05, 0) is 55.3 Å². The average Bonchev–Trinajstić information content (AvgIpc) is 3.04. The molecule has 0 aliphatic carbocycles. The Bertz CT molecular complexity index is 874. The monoisotopic (exact) mass is 349 g/mol. The van der Waals surface area contributed by atoms with E-state index in [1.807, 2.05) is 48.2 Å². The van der Waals surface area contributed by atoms with Gasteiger partial charge in [0.15, 0.2) is 0 Å². The van der Waals surface area contributed by atoms with Crippen LogP contribution in [-0.2, 0) is 4.79 Å². The number of hydrazone groups is 1. The summed E-state index contributed by atoms with van der Waals surface area (Å²) in [5, 5.41) is 4.47. The first kappa shape index (κ1) is 16.6. The summed E-state index contributed by atoms with van der Waals surface area (Å²) in [6.45, 7) is 3.18. The summed E-state index contributed by atoms with van der Waals surface area (Å²) in [7, 11) is 0. The van der Waals surface area contributed by atoms with E-state index in [0.717, 1.165) is 40.2 Å². The van der Waals surface area contributed by atoms with E-state index < -0.39 is 0 Å². The zero-order chi connectivity index (χ0) is 18.3. The molecule has 1 amide bonds. The zero-order valence-corrected chi connectivity index (χ0v) is 14.8. The lowest BCUT2D eigenvalue weighted by molar-refractivity contribution is -0.121. The molecule has 0 spiro atoms. The smallest absolute Gasteiger partial charge is 0.238 e. The molecule has 2 aliphatic heterocycles. The fourth-order valence-corrected chi connectivity index (χ4v) is 3.71. The first-order valence-corrected chi connectivity index (χ1v) is 8.95. The van der Waals surface area contributed by atoms with Crippen LogP contribution < -0.4 is 21.8 Å². The lowest BCUT2D eigenvalue weighted by Gasteiger charge is -2.34. The first-order chi connectivity index (χ1) is 12.6. The third-order valence-electron chi connectivity index (χ3n) is 5.11. The van der Waals surface area contributed by atoms with Gasteiger partial charge in [0.1, 0.15) is 5.92 Å². The van der Waals surface area contributed by atoms with Gasteiger partial charge < -0.3 is 21.8 Å². The SMILES string of the molecule is CC1NN=C2c3cc(-c4ccc(N)cc4)ccc3N(CCCN)C(=O)C21. The fourth-order valence-electron chi connectivity index (χ4n) is 3.71. The Morgan fingerprint density at radius 2 is 1.88 bits per heavy atom. The number of carbonyl (C=O) groups excluding carboxylic acids is 1. The van der Waals surface area contributed by atoms with E-state index in [4.69, 9.17) is 11.5 Å². The van der Waals surface area contributed by atoms with Gasteiger partial charge >= 0.3 is 0 Å². The Labute approximate surface area is 152 Å². The molecule has 2 aromatic carbocycles. The Balaban J connectivity index is 1.81. The molecule has 4 rings (SSSR count). The average molecular weight is 349 g/mol. The number of hydrogen-bond donors (Lipinski definition) is 3. The maximum absolute atomic E-state index is 13.0. The predicted octanol–water partition coefficient (Wildman–Crippen LogP) is 1.94. The topological polar surface area (TPSA) is 96.7 Å². The summed E-state index contributed by atoms with van der Waals surface area (Å²) in [6, 6.07) is 14.0. The number of amides is 1. The van der Waals surface area contributed by atoms with Crippen LogP contribution in [0, 0.1) is 5.92 Å². The van der Waals surface area contributed by atoms with Gasteiger partial charge in [0.25, 0.3) is 0 Å². The zero-order valence-electron chi connectivity index (χ0n) is 14.8. The van der Waals surface area contributed by atoms with Crippen LogP contribution in [0.1, 0.15) is 18.9 Å². The van der Waals surface area contributed by atoms with Gasteiger partial charge in [-0.2, -0.15) is 5.10 Å². The van der Waals surface area contributed by atoms with Gasteiger partial charge in [-0.3, -0.25) is 4.79 Å². The number of rotatable bonds is 4. The lowest BCUT2D eigenvalue weighted by Crippen LogP contribution is -2.48. The van der Waals surface area contributed by atoms with Crippen LogP contribution in [0.3, 0.4) is 0 Å². The molecule has 6 heteroatoms. The van der Waals surface area contributed by atoms with Crippen molar-refractivity contribution >= 4 is 23.0 Å². The molecule has 2 atom stereocenters. The van der Waals surface area contributed by atoms with Crippen molar-refractivity contribution in [3.05, 3.63) is 48.0 Å². The number of carbonyl (C=O) groups is 1. The number of nitrogens with two attached hydrogens (primary N) is 2. The highest BCUT2D eigenvalue weighted by atomic mass is 16.2. The molecular weight excluding hydrogens is 326 g/mol. The molecule has 2 aliphatic rings. The fraction of sp³-hybridized carbons (Fsp3) is 0.300. The summed E-state index contributed by atoms with van der Waals surface area (Å²) in [6.07, 6.45) is 0.770. The highest BCUT2D eigenvalue weighted by Gasteiger charge is 2.43. The third kappa shape index (κ3) is 2.63. The van der Waals surface area contributed by atoms with Crippen molar-refractivity contribution in [2.75, 3.05) is 23.7 Å². The van der Waals surface area contributed by atoms with Crippen LogP contribution in [0.4, 0.5) is 11.4 Å². The van der Waals surface area contributed by atoms with Gasteiger partial charge in [-0.25, -0.2) is 0 Å². The van der Waals surface area contributed by atoms with E-state index in [0.29, 0.717) is 13.1 Å². The van der Waals surface area contributed by atoms with E-state index in [2.05, 4.69) is 16.6 Å². The van der Waals surface area contributed by atoms with Crippen molar-refractivity contribution in [1.82, 2.24) is 5.43 Å². The molecular formula is C20H23N5O. The van der Waals surface area contributed by atoms with Gasteiger partial charge in [-0.1, -0.05) is 18.2 Å². The Morgan fingerprint density at radius 3 is 2.62 bits per heavy atom. The molecule has 2 heterocycles. The molecule has 5 N–H and O–H groups in total. The number of nitrogens with one attached hydrogen (secondary N) is 1. The first-order valence-electron chi connectivity index (χ1n) is 8.95. The minimum Gasteiger partial charge on any atom is -0.399 e. The number of anilines is 2. The second-order valence-electron chi connectivity index (χ2n) is 6.88. The number of hydrogen-bond acceptors (Lipinski definition) is 5. The van der Waals surface area contributed by atoms with Crippen molar-refractivity contribution < 1.29 is 4.79 Å². The predicted molar refractivity (Wildman–Crippen MR) is 105 cm³/mol. The van der Waals surface area contributed by atoms with Gasteiger partial charge in [0.2, 0.25) is 5.91 Å². The molecule has 2 aromatic rings. The highest BCUT2D eigenvalue weighted by molar-refractivity contribution is 6.25. The molecule has 0 saturated heterocycles. The number of fused-ring (bicyclic) bond motifs is 3. The van der Waals surface area contributed by atoms with E-state index in [1.165, 1.54) is 0 Å². The molecule has 0 bridgehead atoms. The Morgan fingerprint density at radius 1 is 1.15 bits per heavy atom. The quantitative estimate of drug-likeness (QED) is 0.735. The molecule has 26 heavy (non-hydrogen) atoms. The minimum atomic E-state index is -0.248. The van der Waals surface area contributed by atoms with Gasteiger partial charge in [0, 0.05) is 17.8 Å². The molecule has 6 nitrogen and oxygen atoms in total. The van der Waals surface area contributed by atoms with Crippen molar-refractivity contribution in [3.63, 3.8) is 0 Å². The van der Waals surface area contributed by atoms with Crippen molar-refractivity contribution in [2.45, 2.75) is 19.4 Å². The van der Waals surface area contributed by atoms with Crippen LogP contribution in [0.2, 0.25) is 0 Å². The van der Waals surface area contributed by atoms with Crippen LogP contribution in [-0.4, -0.2) is 30.8 Å². The van der Waals surface area contributed by atoms with E-state index >= 15 is 0 Å². The lowest BCUT2D eigenvalue weighted by atomic mass is 9.84. The van der Waals surface area contributed by atoms with Gasteiger partial charge in [-0.15, -0.1) is 0 Å². The molecule has 0 fully saturated rings. The molecule has 0 aromatic heterocycles. The summed E-state index contributed by atoms with van der Waals surface area (Å²) >= 11 is 0. The van der Waals surface area contributed by atoms with Crippen LogP contribution in [0.5, 0.6) is 0 Å². The largest absolute Gasteiger partial charge is 0.399 e. The Kier molecular flexibility index (Phi) is 4.12.